The van der Waals surface area contributed by atoms with E-state index in [0.717, 1.165) is 85.8 Å². The van der Waals surface area contributed by atoms with Gasteiger partial charge in [0.2, 0.25) is 0 Å². The summed E-state index contributed by atoms with van der Waals surface area (Å²) < 4.78 is 23.8. The molecule has 0 radical (unpaired) electrons. The number of carbonyl (C=O) groups excluding carboxylic acids is 6. The van der Waals surface area contributed by atoms with Crippen molar-refractivity contribution in [2.24, 2.45) is 106 Å². The largest absolute Gasteiger partial charge is 0.496 e. The van der Waals surface area contributed by atoms with E-state index in [2.05, 4.69) is 73.9 Å². The zero-order valence-electron chi connectivity index (χ0n) is 63.0. The molecule has 0 saturated carbocycles. The van der Waals surface area contributed by atoms with Gasteiger partial charge in [0, 0.05) is 56.1 Å². The van der Waals surface area contributed by atoms with Crippen LogP contribution < -0.4 is 87.8 Å². The number of nitrogens with zero attached hydrogens (tertiary/aromatic N) is 8. The number of guanidine groups is 6. The van der Waals surface area contributed by atoms with Crippen LogP contribution in [0.4, 0.5) is 0 Å². The highest BCUT2D eigenvalue weighted by Gasteiger charge is 2.21. The van der Waals surface area contributed by atoms with Crippen molar-refractivity contribution in [2.75, 3.05) is 28.4 Å². The van der Waals surface area contributed by atoms with Gasteiger partial charge in [-0.2, -0.15) is 46.4 Å². The molecule has 30 nitrogen and oxygen atoms in total. The second kappa shape index (κ2) is 39.4. The number of carbonyl (C=O) groups is 6. The number of hydrogen-bond acceptors (Lipinski definition) is 12. The van der Waals surface area contributed by atoms with Crippen molar-refractivity contribution in [3.05, 3.63) is 279 Å². The van der Waals surface area contributed by atoms with E-state index in [4.69, 9.17) is 87.8 Å². The zero-order chi connectivity index (χ0) is 83.9. The summed E-state index contributed by atoms with van der Waals surface area (Å²) in [4.78, 5) is 92.3. The molecule has 2 aromatic heterocycles. The highest BCUT2D eigenvalue weighted by atomic mass is 79.9. The van der Waals surface area contributed by atoms with Crippen molar-refractivity contribution < 1.29 is 47.7 Å². The molecule has 0 saturated heterocycles. The summed E-state index contributed by atoms with van der Waals surface area (Å²) in [6, 6.07) is 67.3. The molecule has 14 aromatic rings. The van der Waals surface area contributed by atoms with Crippen LogP contribution in [0, 0.1) is 0 Å². The van der Waals surface area contributed by atoms with Crippen LogP contribution in [-0.4, -0.2) is 109 Å². The van der Waals surface area contributed by atoms with Gasteiger partial charge in [-0.25, -0.2) is 0 Å². The summed E-state index contributed by atoms with van der Waals surface area (Å²) in [5, 5.41) is 19.7. The third kappa shape index (κ3) is 21.9. The molecule has 116 heavy (non-hydrogen) atoms. The lowest BCUT2D eigenvalue weighted by Crippen LogP contribution is -2.24. The molecule has 0 spiro atoms. The number of rotatable bonds is 12. The number of thiophene rings is 1. The van der Waals surface area contributed by atoms with Gasteiger partial charge in [0.25, 0.3) is 35.4 Å². The smallest absolute Gasteiger partial charge is 0.284 e. The normalized spacial score (nSPS) is 10.3. The molecular formula is C84H79BrN20O10S. The van der Waals surface area contributed by atoms with Gasteiger partial charge in [0.05, 0.1) is 51.3 Å². The Balaban J connectivity index is 0.000000159. The lowest BCUT2D eigenvalue weighted by Gasteiger charge is -2.13. The predicted octanol–water partition coefficient (Wildman–Crippen LogP) is 10.4. The van der Waals surface area contributed by atoms with Gasteiger partial charge in [-0.1, -0.05) is 155 Å². The maximum atomic E-state index is 12.1. The zero-order valence-corrected chi connectivity index (χ0v) is 65.4. The SMILES string of the molecule is COc1c(C(=O)N=C(N)N)ccc2ccccc12.COc1cc(C(=O)N=C(N)N)c(OC)c2ccccc12.COc1cc2ccccc2cc1C(=O)N=C(N)N.Cn1cc(-c2cccc3cc(C(=O)N=C(N)N)ccc23)cn1.NC(N)=NC(=O)c1ccc2c(Br)cccc2c1.NC(N)=NC(=O)c1ccc2cc(-c3ccsc3)ccc2c1. The van der Waals surface area contributed by atoms with Crippen molar-refractivity contribution in [1.82, 2.24) is 9.78 Å². The number of hydrogen-bond donors (Lipinski definition) is 12. The molecule has 14 rings (SSSR count). The highest BCUT2D eigenvalue weighted by molar-refractivity contribution is 9.10. The Kier molecular flexibility index (Phi) is 28.7. The van der Waals surface area contributed by atoms with Gasteiger partial charge in [-0.3, -0.25) is 33.4 Å². The van der Waals surface area contributed by atoms with Crippen molar-refractivity contribution in [3.8, 4) is 45.3 Å². The molecule has 0 unspecified atom stereocenters. The number of nitrogens with two attached hydrogens (primary N) is 12. The van der Waals surface area contributed by atoms with Crippen molar-refractivity contribution in [2.45, 2.75) is 0 Å². The molecule has 0 aliphatic carbocycles. The average Bonchev–Trinajstić information content (AvgIpc) is 1.42. The van der Waals surface area contributed by atoms with E-state index >= 15 is 0 Å². The van der Waals surface area contributed by atoms with Crippen LogP contribution in [0.25, 0.3) is 86.9 Å². The fraction of sp³-hybridized carbons (Fsp3) is 0.0595. The Labute approximate surface area is 675 Å². The number of amides is 6. The number of benzene rings is 12. The van der Waals surface area contributed by atoms with Crippen LogP contribution in [0.1, 0.15) is 62.1 Å². The first-order valence-electron chi connectivity index (χ1n) is 34.4. The molecular weight excluding hydrogens is 1560 g/mol. The lowest BCUT2D eigenvalue weighted by atomic mass is 9.99. The number of aryl methyl sites for hydroxylation is 1. The Morgan fingerprint density at radius 1 is 0.345 bits per heavy atom. The molecule has 0 atom stereocenters. The third-order valence-corrected chi connectivity index (χ3v) is 18.1. The predicted molar refractivity (Wildman–Crippen MR) is 464 cm³/mol. The average molecular weight is 1640 g/mol. The van der Waals surface area contributed by atoms with Crippen LogP contribution in [-0.2, 0) is 7.05 Å². The first kappa shape index (κ1) is 84.4. The molecule has 0 fully saturated rings. The van der Waals surface area contributed by atoms with Gasteiger partial charge in [-0.15, -0.1) is 0 Å². The van der Waals surface area contributed by atoms with E-state index in [9.17, 15) is 28.8 Å². The topological polar surface area (TPSA) is 544 Å². The van der Waals surface area contributed by atoms with Gasteiger partial charge in [-0.05, 0) is 155 Å². The first-order chi connectivity index (χ1) is 55.6. The van der Waals surface area contributed by atoms with Gasteiger partial charge < -0.3 is 87.8 Å². The lowest BCUT2D eigenvalue weighted by molar-refractivity contribution is 0.0991. The molecule has 24 N–H and O–H groups in total. The molecule has 32 heteroatoms. The minimum absolute atomic E-state index is 0.229. The van der Waals surface area contributed by atoms with Crippen LogP contribution >= 0.6 is 27.3 Å². The van der Waals surface area contributed by atoms with E-state index in [0.29, 0.717) is 50.8 Å². The van der Waals surface area contributed by atoms with Crippen LogP contribution in [0.3, 0.4) is 0 Å². The first-order valence-corrected chi connectivity index (χ1v) is 36.2. The quantitative estimate of drug-likeness (QED) is 0.0399. The van der Waals surface area contributed by atoms with Crippen LogP contribution in [0.5, 0.6) is 23.0 Å². The Hall–Kier alpha value is -15.6. The summed E-state index contributed by atoms with van der Waals surface area (Å²) in [7, 11) is 7.90. The van der Waals surface area contributed by atoms with E-state index < -0.39 is 35.4 Å². The van der Waals surface area contributed by atoms with E-state index in [1.165, 1.54) is 34.0 Å². The molecule has 0 aliphatic rings. The van der Waals surface area contributed by atoms with Crippen molar-refractivity contribution in [1.29, 1.82) is 0 Å². The maximum absolute atomic E-state index is 12.1. The van der Waals surface area contributed by atoms with Crippen LogP contribution in [0.2, 0.25) is 0 Å². The minimum atomic E-state index is -0.578. The summed E-state index contributed by atoms with van der Waals surface area (Å²) >= 11 is 5.12. The minimum Gasteiger partial charge on any atom is -0.496 e. The second-order valence-electron chi connectivity index (χ2n) is 24.6. The van der Waals surface area contributed by atoms with Crippen LogP contribution in [0.15, 0.2) is 276 Å². The standard InChI is InChI=1S/C16H15N5O.C16H13N3OS.C14H15N3O3.2C13H13N3O2.C12H10BrN3O/c1-21-9-12(8-19-21)13-4-2-3-10-7-11(5-6-14(10)13)15(22)20-16(17)18;17-16(18)19-15(20)13-4-3-10-7-12(2-1-11(10)8-13)14-5-6-21-9-14;1-19-11-7-10(13(18)17-14(15)16)12(20-2)9-6-4-3-5-8(9)11;1-18-11-7-9-5-3-2-4-8(9)6-10(11)12(17)16-13(14)15;1-18-11-9-5-3-2-4-8(9)6-7-10(11)12(17)16-13(14)15;13-10-3-1-2-7-6-8(4-5-9(7)10)11(17)16-12(14)15/h2-9H,1H3,(H4,17,18,20,22);1-9H,(H4,17,18,19,20);3-7H,1-2H3,(H4,15,16,17,18);2*2-7H,1H3,(H4,14,15,16,17);1-6H,(H4,14,15,16,17). The highest BCUT2D eigenvalue weighted by Crippen LogP contribution is 2.38. The Bertz CT molecular complexity index is 6210. The number of fused-ring (bicyclic) bond motifs is 6. The Morgan fingerprint density at radius 3 is 1.31 bits per heavy atom. The number of aromatic nitrogens is 2. The number of ether oxygens (including phenoxy) is 4. The third-order valence-electron chi connectivity index (χ3n) is 16.8. The summed E-state index contributed by atoms with van der Waals surface area (Å²) in [5.41, 5.74) is 69.3. The number of methoxy groups -OCH3 is 4. The summed E-state index contributed by atoms with van der Waals surface area (Å²) in [6.07, 6.45) is 3.76. The van der Waals surface area contributed by atoms with Crippen molar-refractivity contribution >= 4 is 163 Å². The van der Waals surface area contributed by atoms with E-state index in [1.54, 1.807) is 76.7 Å². The van der Waals surface area contributed by atoms with Gasteiger partial charge in [0.1, 0.15) is 23.0 Å². The fourth-order valence-electron chi connectivity index (χ4n) is 11.7. The molecule has 0 aliphatic heterocycles. The molecule has 12 aromatic carbocycles. The van der Waals surface area contributed by atoms with Gasteiger partial charge >= 0.3 is 0 Å². The second-order valence-corrected chi connectivity index (χ2v) is 26.3. The van der Waals surface area contributed by atoms with E-state index in [-0.39, 0.29) is 41.3 Å². The molecule has 0 bridgehead atoms. The van der Waals surface area contributed by atoms with Gasteiger partial charge in [0.15, 0.2) is 35.8 Å². The summed E-state index contributed by atoms with van der Waals surface area (Å²) in [5.74, 6) is -2.58. The van der Waals surface area contributed by atoms with Crippen molar-refractivity contribution in [3.63, 3.8) is 0 Å². The molecule has 588 valence electrons. The maximum Gasteiger partial charge on any atom is 0.284 e. The Morgan fingerprint density at radius 2 is 0.776 bits per heavy atom. The fourth-order valence-corrected chi connectivity index (χ4v) is 12.9. The number of halogens is 1. The monoisotopic (exact) mass is 1640 g/mol. The van der Waals surface area contributed by atoms with E-state index in [1.807, 2.05) is 165 Å². The molecule has 2 heterocycles. The molecule has 6 amide bonds. The summed E-state index contributed by atoms with van der Waals surface area (Å²) in [6.45, 7) is 0. The number of aliphatic imine (C=N–C) groups is 6.